The van der Waals surface area contributed by atoms with Crippen molar-refractivity contribution < 1.29 is 4.92 Å². The van der Waals surface area contributed by atoms with Gasteiger partial charge in [-0.1, -0.05) is 6.07 Å². The van der Waals surface area contributed by atoms with Gasteiger partial charge in [0.05, 0.1) is 4.92 Å². The van der Waals surface area contributed by atoms with Crippen molar-refractivity contribution in [1.29, 1.82) is 0 Å². The fourth-order valence-electron chi connectivity index (χ4n) is 3.10. The van der Waals surface area contributed by atoms with E-state index in [1.165, 1.54) is 0 Å². The molecule has 96 valence electrons. The van der Waals surface area contributed by atoms with Gasteiger partial charge in [0.25, 0.3) is 5.69 Å². The Bertz CT molecular complexity index is 477. The lowest BCUT2D eigenvalue weighted by atomic mass is 10.0. The topological polar surface area (TPSA) is 58.4 Å². The first-order valence-electron chi connectivity index (χ1n) is 6.36. The number of rotatable bonds is 2. The molecule has 5 nitrogen and oxygen atoms in total. The van der Waals surface area contributed by atoms with E-state index in [2.05, 4.69) is 10.2 Å². The summed E-state index contributed by atoms with van der Waals surface area (Å²) in [4.78, 5) is 12.8. The molecule has 5 heteroatoms. The van der Waals surface area contributed by atoms with E-state index in [1.807, 2.05) is 13.0 Å². The first-order chi connectivity index (χ1) is 8.65. The Labute approximate surface area is 106 Å². The van der Waals surface area contributed by atoms with Gasteiger partial charge in [0, 0.05) is 44.0 Å². The van der Waals surface area contributed by atoms with Crippen LogP contribution in [0.4, 0.5) is 11.4 Å². The lowest BCUT2D eigenvalue weighted by Gasteiger charge is -2.21. The third-order valence-corrected chi connectivity index (χ3v) is 4.13. The molecule has 2 atom stereocenters. The van der Waals surface area contributed by atoms with Crippen molar-refractivity contribution in [3.63, 3.8) is 0 Å². The van der Waals surface area contributed by atoms with Gasteiger partial charge in [-0.15, -0.1) is 0 Å². The molecule has 18 heavy (non-hydrogen) atoms. The number of fused-ring (bicyclic) bond motifs is 1. The monoisotopic (exact) mass is 247 g/mol. The molecule has 1 aromatic carbocycles. The Balaban J connectivity index is 1.88. The Hall–Kier alpha value is -1.62. The number of anilines is 1. The Morgan fingerprint density at radius 1 is 1.33 bits per heavy atom. The van der Waals surface area contributed by atoms with Crippen molar-refractivity contribution in [1.82, 2.24) is 5.32 Å². The van der Waals surface area contributed by atoms with E-state index >= 15 is 0 Å². The molecule has 2 saturated heterocycles. The van der Waals surface area contributed by atoms with Crippen molar-refractivity contribution in [2.45, 2.75) is 6.92 Å². The zero-order valence-corrected chi connectivity index (χ0v) is 10.4. The van der Waals surface area contributed by atoms with Crippen LogP contribution in [0.25, 0.3) is 0 Å². The van der Waals surface area contributed by atoms with E-state index in [4.69, 9.17) is 0 Å². The van der Waals surface area contributed by atoms with Crippen LogP contribution in [0, 0.1) is 28.9 Å². The minimum absolute atomic E-state index is 0.186. The number of nitro benzene ring substituents is 1. The number of non-ortho nitro benzene ring substituents is 1. The summed E-state index contributed by atoms with van der Waals surface area (Å²) in [5.74, 6) is 1.40. The average molecular weight is 247 g/mol. The third-order valence-electron chi connectivity index (χ3n) is 4.13. The van der Waals surface area contributed by atoms with Crippen molar-refractivity contribution in [3.8, 4) is 0 Å². The Morgan fingerprint density at radius 3 is 2.61 bits per heavy atom. The highest BCUT2D eigenvalue weighted by Gasteiger charge is 2.36. The molecular weight excluding hydrogens is 230 g/mol. The lowest BCUT2D eigenvalue weighted by Crippen LogP contribution is -2.26. The zero-order chi connectivity index (χ0) is 12.7. The number of nitro groups is 1. The third kappa shape index (κ3) is 1.84. The van der Waals surface area contributed by atoms with Gasteiger partial charge in [-0.05, 0) is 24.3 Å². The van der Waals surface area contributed by atoms with Crippen molar-refractivity contribution in [3.05, 3.63) is 33.9 Å². The van der Waals surface area contributed by atoms with E-state index < -0.39 is 0 Å². The van der Waals surface area contributed by atoms with Gasteiger partial charge in [-0.3, -0.25) is 10.1 Å². The van der Waals surface area contributed by atoms with E-state index in [-0.39, 0.29) is 10.6 Å². The molecule has 2 heterocycles. The van der Waals surface area contributed by atoms with Crippen LogP contribution in [0.5, 0.6) is 0 Å². The predicted octanol–water partition coefficient (Wildman–Crippen LogP) is 1.56. The summed E-state index contributed by atoms with van der Waals surface area (Å²) in [5, 5.41) is 14.3. The number of benzene rings is 1. The molecule has 3 rings (SSSR count). The molecule has 0 spiro atoms. The number of hydrogen-bond donors (Lipinski definition) is 1. The van der Waals surface area contributed by atoms with Crippen LogP contribution in [0.1, 0.15) is 5.56 Å². The molecule has 0 amide bonds. The summed E-state index contributed by atoms with van der Waals surface area (Å²) in [7, 11) is 0. The molecule has 1 N–H and O–H groups in total. The summed E-state index contributed by atoms with van der Waals surface area (Å²) in [6.45, 7) is 6.20. The van der Waals surface area contributed by atoms with E-state index in [0.29, 0.717) is 11.8 Å². The van der Waals surface area contributed by atoms with Crippen LogP contribution in [0.2, 0.25) is 0 Å². The molecule has 0 bridgehead atoms. The van der Waals surface area contributed by atoms with Crippen molar-refractivity contribution in [2.24, 2.45) is 11.8 Å². The largest absolute Gasteiger partial charge is 0.370 e. The number of nitrogens with zero attached hydrogens (tertiary/aromatic N) is 2. The number of hydrogen-bond acceptors (Lipinski definition) is 4. The second-order valence-electron chi connectivity index (χ2n) is 5.31. The highest BCUT2D eigenvalue weighted by Crippen LogP contribution is 2.33. The molecular formula is C13H17N3O2. The molecule has 2 aliphatic heterocycles. The summed E-state index contributed by atoms with van der Waals surface area (Å²) >= 11 is 0. The van der Waals surface area contributed by atoms with Gasteiger partial charge in [-0.2, -0.15) is 0 Å². The second-order valence-corrected chi connectivity index (χ2v) is 5.31. The predicted molar refractivity (Wildman–Crippen MR) is 69.9 cm³/mol. The first-order valence-corrected chi connectivity index (χ1v) is 6.36. The maximum absolute atomic E-state index is 10.9. The van der Waals surface area contributed by atoms with Crippen molar-refractivity contribution in [2.75, 3.05) is 31.1 Å². The molecule has 2 unspecified atom stereocenters. The van der Waals surface area contributed by atoms with E-state index in [0.717, 1.165) is 37.4 Å². The summed E-state index contributed by atoms with van der Waals surface area (Å²) in [6, 6.07) is 5.14. The SMILES string of the molecule is Cc1ccc([N+](=O)[O-])cc1N1CC2CNCC2C1. The van der Waals surface area contributed by atoms with Crippen LogP contribution < -0.4 is 10.2 Å². The zero-order valence-electron chi connectivity index (χ0n) is 10.4. The minimum atomic E-state index is -0.318. The van der Waals surface area contributed by atoms with Gasteiger partial charge in [0.1, 0.15) is 0 Å². The van der Waals surface area contributed by atoms with E-state index in [1.54, 1.807) is 12.1 Å². The van der Waals surface area contributed by atoms with E-state index in [9.17, 15) is 10.1 Å². The normalized spacial score (nSPS) is 26.4. The Morgan fingerprint density at radius 2 is 2.00 bits per heavy atom. The van der Waals surface area contributed by atoms with Crippen LogP contribution >= 0.6 is 0 Å². The van der Waals surface area contributed by atoms with Gasteiger partial charge < -0.3 is 10.2 Å². The summed E-state index contributed by atoms with van der Waals surface area (Å²) in [5.41, 5.74) is 2.33. The number of aryl methyl sites for hydroxylation is 1. The van der Waals surface area contributed by atoms with Crippen LogP contribution in [0.3, 0.4) is 0 Å². The lowest BCUT2D eigenvalue weighted by molar-refractivity contribution is -0.384. The maximum Gasteiger partial charge on any atom is 0.271 e. The van der Waals surface area contributed by atoms with Gasteiger partial charge in [0.15, 0.2) is 0 Å². The molecule has 0 aliphatic carbocycles. The van der Waals surface area contributed by atoms with Gasteiger partial charge in [0.2, 0.25) is 0 Å². The smallest absolute Gasteiger partial charge is 0.271 e. The summed E-state index contributed by atoms with van der Waals surface area (Å²) in [6.07, 6.45) is 0. The molecule has 1 aromatic rings. The average Bonchev–Trinajstić information content (AvgIpc) is 2.89. The van der Waals surface area contributed by atoms with Gasteiger partial charge >= 0.3 is 0 Å². The molecule has 0 radical (unpaired) electrons. The highest BCUT2D eigenvalue weighted by atomic mass is 16.6. The molecule has 0 saturated carbocycles. The van der Waals surface area contributed by atoms with Gasteiger partial charge in [-0.25, -0.2) is 0 Å². The minimum Gasteiger partial charge on any atom is -0.370 e. The number of nitrogens with one attached hydrogen (secondary N) is 1. The van der Waals surface area contributed by atoms with Crippen LogP contribution in [-0.4, -0.2) is 31.1 Å². The maximum atomic E-state index is 10.9. The highest BCUT2D eigenvalue weighted by molar-refractivity contribution is 5.59. The molecule has 2 aliphatic rings. The fourth-order valence-corrected chi connectivity index (χ4v) is 3.10. The first kappa shape index (κ1) is 11.5. The van der Waals surface area contributed by atoms with Crippen LogP contribution in [-0.2, 0) is 0 Å². The standard InChI is InChI=1S/C13H17N3O2/c1-9-2-3-12(16(17)18)4-13(9)15-7-10-5-14-6-11(10)8-15/h2-4,10-11,14H,5-8H2,1H3. The molecule has 2 fully saturated rings. The second kappa shape index (κ2) is 4.24. The summed E-state index contributed by atoms with van der Waals surface area (Å²) < 4.78 is 0. The fraction of sp³-hybridized carbons (Fsp3) is 0.538. The van der Waals surface area contributed by atoms with Crippen molar-refractivity contribution >= 4 is 11.4 Å². The Kier molecular flexibility index (Phi) is 2.70. The van der Waals surface area contributed by atoms with Crippen LogP contribution in [0.15, 0.2) is 18.2 Å². The molecule has 0 aromatic heterocycles. The quantitative estimate of drug-likeness (QED) is 0.636.